The molecule has 1 aliphatic rings. The molecule has 9 heteroatoms. The molecule has 186 valence electrons. The molecule has 0 bridgehead atoms. The average Bonchev–Trinajstić information content (AvgIpc) is 2.93. The van der Waals surface area contributed by atoms with Crippen LogP contribution in [-0.2, 0) is 9.53 Å². The molecule has 0 unspecified atom stereocenters. The number of nitrogens with one attached hydrogen (secondary N) is 2. The molecule has 0 radical (unpaired) electrons. The van der Waals surface area contributed by atoms with Crippen molar-refractivity contribution in [3.05, 3.63) is 78.0 Å². The minimum absolute atomic E-state index is 0.0571. The van der Waals surface area contributed by atoms with Crippen molar-refractivity contribution in [2.75, 3.05) is 42.8 Å². The van der Waals surface area contributed by atoms with Gasteiger partial charge >= 0.3 is 5.97 Å². The van der Waals surface area contributed by atoms with E-state index in [1.807, 2.05) is 12.1 Å². The van der Waals surface area contributed by atoms with Crippen molar-refractivity contribution in [3.63, 3.8) is 0 Å². The highest BCUT2D eigenvalue weighted by Gasteiger charge is 2.26. The molecule has 2 heterocycles. The number of nitrogens with zero attached hydrogens (tertiary/aromatic N) is 2. The van der Waals surface area contributed by atoms with Crippen molar-refractivity contribution in [1.82, 2.24) is 4.98 Å². The van der Waals surface area contributed by atoms with E-state index in [2.05, 4.69) is 20.5 Å². The van der Waals surface area contributed by atoms with Crippen LogP contribution in [0.15, 0.2) is 66.9 Å². The van der Waals surface area contributed by atoms with Gasteiger partial charge in [-0.05, 0) is 61.4 Å². The third kappa shape index (κ3) is 5.80. The molecule has 2 amide bonds. The first-order valence-corrected chi connectivity index (χ1v) is 11.6. The summed E-state index contributed by atoms with van der Waals surface area (Å²) >= 11 is 0. The molecule has 9 nitrogen and oxygen atoms in total. The number of para-hydroxylation sites is 2. The largest absolute Gasteiger partial charge is 0.495 e. The molecule has 0 spiro atoms. The molecule has 0 saturated carbocycles. The van der Waals surface area contributed by atoms with Crippen molar-refractivity contribution in [3.8, 4) is 5.75 Å². The summed E-state index contributed by atoms with van der Waals surface area (Å²) in [7, 11) is 2.88. The maximum Gasteiger partial charge on any atom is 0.337 e. The number of aromatic nitrogens is 1. The fourth-order valence-corrected chi connectivity index (χ4v) is 4.10. The van der Waals surface area contributed by atoms with E-state index in [9.17, 15) is 14.4 Å². The number of benzene rings is 2. The number of methoxy groups -OCH3 is 2. The first kappa shape index (κ1) is 24.7. The highest BCUT2D eigenvalue weighted by atomic mass is 16.5. The number of hydrogen-bond acceptors (Lipinski definition) is 7. The zero-order chi connectivity index (χ0) is 25.5. The molecule has 36 heavy (non-hydrogen) atoms. The second-order valence-corrected chi connectivity index (χ2v) is 8.38. The quantitative estimate of drug-likeness (QED) is 0.484. The SMILES string of the molecule is COC(=O)c1ccc(NC(=O)C2CCN(c3cc(C(=O)Nc4ccccc4OC)ccn3)CC2)cc1. The summed E-state index contributed by atoms with van der Waals surface area (Å²) < 4.78 is 9.99. The van der Waals surface area contributed by atoms with E-state index in [4.69, 9.17) is 9.47 Å². The number of pyridine rings is 1. The minimum atomic E-state index is -0.421. The van der Waals surface area contributed by atoms with Gasteiger partial charge in [-0.2, -0.15) is 0 Å². The smallest absolute Gasteiger partial charge is 0.337 e. The van der Waals surface area contributed by atoms with E-state index in [-0.39, 0.29) is 17.7 Å². The topological polar surface area (TPSA) is 110 Å². The van der Waals surface area contributed by atoms with Crippen LogP contribution in [0.2, 0.25) is 0 Å². The molecule has 4 rings (SSSR count). The third-order valence-corrected chi connectivity index (χ3v) is 6.13. The van der Waals surface area contributed by atoms with Crippen molar-refractivity contribution in [1.29, 1.82) is 0 Å². The molecule has 1 aromatic heterocycles. The number of ether oxygens (including phenoxy) is 2. The van der Waals surface area contributed by atoms with Crippen LogP contribution in [0.4, 0.5) is 17.2 Å². The molecular weight excluding hydrogens is 460 g/mol. The Morgan fingerprint density at radius 3 is 2.33 bits per heavy atom. The van der Waals surface area contributed by atoms with Crippen molar-refractivity contribution in [2.24, 2.45) is 5.92 Å². The number of piperidine rings is 1. The predicted molar refractivity (Wildman–Crippen MR) is 137 cm³/mol. The van der Waals surface area contributed by atoms with E-state index in [0.717, 1.165) is 0 Å². The molecule has 2 aromatic carbocycles. The minimum Gasteiger partial charge on any atom is -0.495 e. The normalized spacial score (nSPS) is 13.6. The Balaban J connectivity index is 1.33. The first-order valence-electron chi connectivity index (χ1n) is 11.6. The van der Waals surface area contributed by atoms with Gasteiger partial charge in [-0.15, -0.1) is 0 Å². The summed E-state index contributed by atoms with van der Waals surface area (Å²) in [6, 6.07) is 17.3. The number of rotatable bonds is 7. The Kier molecular flexibility index (Phi) is 7.79. The van der Waals surface area contributed by atoms with Crippen LogP contribution >= 0.6 is 0 Å². The number of esters is 1. The first-order chi connectivity index (χ1) is 17.5. The Morgan fingerprint density at radius 2 is 1.64 bits per heavy atom. The second kappa shape index (κ2) is 11.4. The van der Waals surface area contributed by atoms with Crippen molar-refractivity contribution < 1.29 is 23.9 Å². The van der Waals surface area contributed by atoms with Crippen LogP contribution in [0.1, 0.15) is 33.6 Å². The summed E-state index contributed by atoms with van der Waals surface area (Å²) in [5.74, 6) is 0.405. The lowest BCUT2D eigenvalue weighted by atomic mass is 9.95. The van der Waals surface area contributed by atoms with Crippen molar-refractivity contribution >= 4 is 35.0 Å². The Hall–Kier alpha value is -4.40. The van der Waals surface area contributed by atoms with Crippen LogP contribution < -0.4 is 20.3 Å². The summed E-state index contributed by atoms with van der Waals surface area (Å²) in [5, 5.41) is 5.80. The molecular formula is C27H28N4O5. The van der Waals surface area contributed by atoms with E-state index in [0.29, 0.717) is 60.0 Å². The predicted octanol–water partition coefficient (Wildman–Crippen LogP) is 3.98. The number of amides is 2. The van der Waals surface area contributed by atoms with Crippen molar-refractivity contribution in [2.45, 2.75) is 12.8 Å². The number of hydrogen-bond donors (Lipinski definition) is 2. The fraction of sp³-hybridized carbons (Fsp3) is 0.259. The van der Waals surface area contributed by atoms with Crippen LogP contribution in [0.3, 0.4) is 0 Å². The summed E-state index contributed by atoms with van der Waals surface area (Å²) in [4.78, 5) is 43.6. The highest BCUT2D eigenvalue weighted by Crippen LogP contribution is 2.26. The van der Waals surface area contributed by atoms with Gasteiger partial charge in [-0.25, -0.2) is 9.78 Å². The molecule has 0 aliphatic carbocycles. The Labute approximate surface area is 209 Å². The lowest BCUT2D eigenvalue weighted by Crippen LogP contribution is -2.38. The Bertz CT molecular complexity index is 1240. The van der Waals surface area contributed by atoms with Gasteiger partial charge in [0.15, 0.2) is 0 Å². The van der Waals surface area contributed by atoms with E-state index in [1.165, 1.54) is 7.11 Å². The van der Waals surface area contributed by atoms with Gasteiger partial charge < -0.3 is 25.0 Å². The van der Waals surface area contributed by atoms with Gasteiger partial charge in [0.2, 0.25) is 5.91 Å². The average molecular weight is 489 g/mol. The molecule has 1 saturated heterocycles. The lowest BCUT2D eigenvalue weighted by Gasteiger charge is -2.32. The number of carbonyl (C=O) groups is 3. The monoisotopic (exact) mass is 488 g/mol. The van der Waals surface area contributed by atoms with Gasteiger partial charge in [-0.3, -0.25) is 9.59 Å². The van der Waals surface area contributed by atoms with Gasteiger partial charge in [0.05, 0.1) is 25.5 Å². The molecule has 2 N–H and O–H groups in total. The van der Waals surface area contributed by atoms with Crippen LogP contribution in [-0.4, -0.2) is 50.1 Å². The molecule has 0 atom stereocenters. The van der Waals surface area contributed by atoms with E-state index < -0.39 is 5.97 Å². The maximum absolute atomic E-state index is 12.8. The summed E-state index contributed by atoms with van der Waals surface area (Å²) in [5.41, 5.74) is 2.14. The number of anilines is 3. The van der Waals surface area contributed by atoms with Gasteiger partial charge in [-0.1, -0.05) is 12.1 Å². The standard InChI is InChI=1S/C27H28N4O5/c1-35-23-6-4-3-5-22(23)30-26(33)20-11-14-28-24(17-20)31-15-12-18(13-16-31)25(32)29-21-9-7-19(8-10-21)27(34)36-2/h3-11,14,17-18H,12-13,15-16H2,1-2H3,(H,29,32)(H,30,33). The summed E-state index contributed by atoms with van der Waals surface area (Å²) in [6.07, 6.45) is 2.93. The van der Waals surface area contributed by atoms with Crippen LogP contribution in [0.25, 0.3) is 0 Å². The highest BCUT2D eigenvalue weighted by molar-refractivity contribution is 6.05. The third-order valence-electron chi connectivity index (χ3n) is 6.13. The van der Waals surface area contributed by atoms with Gasteiger partial charge in [0.1, 0.15) is 11.6 Å². The van der Waals surface area contributed by atoms with E-state index in [1.54, 1.807) is 61.8 Å². The molecule has 3 aromatic rings. The zero-order valence-electron chi connectivity index (χ0n) is 20.2. The van der Waals surface area contributed by atoms with Gasteiger partial charge in [0.25, 0.3) is 5.91 Å². The van der Waals surface area contributed by atoms with Gasteiger partial charge in [0, 0.05) is 36.5 Å². The Morgan fingerprint density at radius 1 is 0.917 bits per heavy atom. The van der Waals surface area contributed by atoms with Crippen LogP contribution in [0.5, 0.6) is 5.75 Å². The summed E-state index contributed by atoms with van der Waals surface area (Å²) in [6.45, 7) is 1.29. The lowest BCUT2D eigenvalue weighted by molar-refractivity contribution is -0.120. The number of carbonyl (C=O) groups excluding carboxylic acids is 3. The molecule has 1 aliphatic heterocycles. The fourth-order valence-electron chi connectivity index (χ4n) is 4.10. The molecule has 1 fully saturated rings. The zero-order valence-corrected chi connectivity index (χ0v) is 20.2. The second-order valence-electron chi connectivity index (χ2n) is 8.38. The van der Waals surface area contributed by atoms with E-state index >= 15 is 0 Å². The maximum atomic E-state index is 12.8. The van der Waals surface area contributed by atoms with Crippen LogP contribution in [0, 0.1) is 5.92 Å².